The number of nitrogens with zero attached hydrogens (tertiary/aromatic N) is 2. The van der Waals surface area contributed by atoms with Crippen molar-refractivity contribution in [3.05, 3.63) is 29.3 Å². The zero-order valence-electron chi connectivity index (χ0n) is 8.60. The third kappa shape index (κ3) is 1.73. The Bertz CT molecular complexity index is 507. The zero-order valence-corrected chi connectivity index (χ0v) is 9.49. The van der Waals surface area contributed by atoms with Gasteiger partial charge in [-0.15, -0.1) is 0 Å². The summed E-state index contributed by atoms with van der Waals surface area (Å²) in [6, 6.07) is 3.87. The van der Waals surface area contributed by atoms with Crippen molar-refractivity contribution in [1.29, 1.82) is 0 Å². The molecule has 2 aromatic heterocycles. The van der Waals surface area contributed by atoms with E-state index in [1.165, 1.54) is 0 Å². The Morgan fingerprint density at radius 3 is 3.20 bits per heavy atom. The van der Waals surface area contributed by atoms with Gasteiger partial charge < -0.3 is 4.74 Å². The normalized spacial score (nSPS) is 11.1. The van der Waals surface area contributed by atoms with Crippen molar-refractivity contribution in [2.45, 2.75) is 13.8 Å². The smallest absolute Gasteiger partial charge is 0.361 e. The van der Waals surface area contributed by atoms with Crippen LogP contribution in [0.25, 0.3) is 5.65 Å². The van der Waals surface area contributed by atoms with E-state index in [0.29, 0.717) is 20.4 Å². The fourth-order valence-electron chi connectivity index (χ4n) is 1.38. The van der Waals surface area contributed by atoms with E-state index in [4.69, 9.17) is 4.74 Å². The van der Waals surface area contributed by atoms with Gasteiger partial charge in [0.2, 0.25) is 0 Å². The molecule has 4 nitrogen and oxygen atoms in total. The van der Waals surface area contributed by atoms with Crippen molar-refractivity contribution in [3.8, 4) is 0 Å². The van der Waals surface area contributed by atoms with Crippen LogP contribution in [0.15, 0.2) is 18.3 Å². The highest BCUT2D eigenvalue weighted by molar-refractivity contribution is 7.28. The summed E-state index contributed by atoms with van der Waals surface area (Å²) in [5, 5.41) is 0. The molecule has 0 radical (unpaired) electrons. The van der Waals surface area contributed by atoms with Gasteiger partial charge in [-0.1, -0.05) is 6.07 Å². The predicted molar refractivity (Wildman–Crippen MR) is 58.4 cm³/mol. The number of carbonyl (C=O) groups excluding carboxylic acids is 1. The molecule has 15 heavy (non-hydrogen) atoms. The van der Waals surface area contributed by atoms with Gasteiger partial charge in [0.1, 0.15) is 5.65 Å². The minimum absolute atomic E-state index is 0.294. The first kappa shape index (κ1) is 10.1. The lowest BCUT2D eigenvalue weighted by Gasteiger charge is -2.01. The highest BCUT2D eigenvalue weighted by Gasteiger charge is 2.14. The molecule has 0 bridgehead atoms. The number of aryl methyl sites for hydroxylation is 1. The second-order valence-corrected chi connectivity index (χ2v) is 3.95. The molecule has 2 heterocycles. The van der Waals surface area contributed by atoms with Gasteiger partial charge >= 0.3 is 5.97 Å². The number of carbonyl (C=O) groups is 1. The van der Waals surface area contributed by atoms with Crippen LogP contribution in [0.1, 0.15) is 22.7 Å². The summed E-state index contributed by atoms with van der Waals surface area (Å²) in [6.45, 7) is 4.15. The Labute approximate surface area is 89.1 Å². The van der Waals surface area contributed by atoms with Crippen LogP contribution in [-0.4, -0.2) is 21.7 Å². The molecular formula is C10H11N2O2P. The topological polar surface area (TPSA) is 43.6 Å². The van der Waals surface area contributed by atoms with Gasteiger partial charge in [-0.05, 0) is 25.5 Å². The van der Waals surface area contributed by atoms with Crippen molar-refractivity contribution >= 4 is 20.0 Å². The number of esters is 1. The molecule has 78 valence electrons. The molecule has 2 rings (SSSR count). The van der Waals surface area contributed by atoms with E-state index < -0.39 is 0 Å². The van der Waals surface area contributed by atoms with E-state index >= 15 is 0 Å². The van der Waals surface area contributed by atoms with Gasteiger partial charge in [0.15, 0.2) is 5.43 Å². The Kier molecular flexibility index (Phi) is 2.69. The number of rotatable bonds is 2. The monoisotopic (exact) mass is 222 g/mol. The average molecular weight is 222 g/mol. The summed E-state index contributed by atoms with van der Waals surface area (Å²) >= 11 is 0. The first-order valence-electron chi connectivity index (χ1n) is 4.71. The number of aromatic nitrogens is 2. The molecular weight excluding hydrogens is 211 g/mol. The van der Waals surface area contributed by atoms with Crippen LogP contribution < -0.4 is 0 Å². The van der Waals surface area contributed by atoms with Crippen LogP contribution in [0.2, 0.25) is 0 Å². The van der Waals surface area contributed by atoms with Crippen LogP contribution in [0.5, 0.6) is 0 Å². The SMILES string of the molecule is CCOC(=O)c1pnc2c(C)cccn12. The van der Waals surface area contributed by atoms with E-state index in [0.717, 1.165) is 11.2 Å². The maximum absolute atomic E-state index is 11.6. The molecule has 0 aliphatic rings. The average Bonchev–Trinajstić information content (AvgIpc) is 2.63. The Balaban J connectivity index is 2.54. The minimum Gasteiger partial charge on any atom is -0.461 e. The van der Waals surface area contributed by atoms with Crippen molar-refractivity contribution in [1.82, 2.24) is 9.15 Å². The van der Waals surface area contributed by atoms with Crippen LogP contribution >= 0.6 is 8.35 Å². The number of pyridine rings is 1. The van der Waals surface area contributed by atoms with E-state index in [9.17, 15) is 4.79 Å². The second-order valence-electron chi connectivity index (χ2n) is 3.13. The minimum atomic E-state index is -0.294. The lowest BCUT2D eigenvalue weighted by atomic mass is 10.3. The van der Waals surface area contributed by atoms with Crippen LogP contribution in [0.3, 0.4) is 0 Å². The predicted octanol–water partition coefficient (Wildman–Crippen LogP) is 2.40. The zero-order chi connectivity index (χ0) is 10.8. The van der Waals surface area contributed by atoms with Crippen molar-refractivity contribution in [2.75, 3.05) is 6.61 Å². The fourth-order valence-corrected chi connectivity index (χ4v) is 2.23. The molecule has 0 saturated heterocycles. The first-order valence-corrected chi connectivity index (χ1v) is 5.56. The van der Waals surface area contributed by atoms with Crippen molar-refractivity contribution in [3.63, 3.8) is 0 Å². The van der Waals surface area contributed by atoms with E-state index in [-0.39, 0.29) is 5.97 Å². The number of hydrogen-bond donors (Lipinski definition) is 0. The summed E-state index contributed by atoms with van der Waals surface area (Å²) in [7, 11) is 0.659. The molecule has 0 atom stereocenters. The highest BCUT2D eigenvalue weighted by atomic mass is 31.0. The molecule has 0 aliphatic carbocycles. The number of fused-ring (bicyclic) bond motifs is 1. The molecule has 5 heteroatoms. The molecule has 0 saturated carbocycles. The summed E-state index contributed by atoms with van der Waals surface area (Å²) in [4.78, 5) is 11.6. The highest BCUT2D eigenvalue weighted by Crippen LogP contribution is 2.19. The molecule has 0 aliphatic heterocycles. The fraction of sp³-hybridized carbons (Fsp3) is 0.300. The number of ether oxygens (including phenoxy) is 1. The van der Waals surface area contributed by atoms with E-state index in [2.05, 4.69) is 4.75 Å². The maximum Gasteiger partial charge on any atom is 0.361 e. The van der Waals surface area contributed by atoms with Crippen LogP contribution in [0.4, 0.5) is 0 Å². The van der Waals surface area contributed by atoms with Crippen LogP contribution in [0, 0.1) is 6.92 Å². The lowest BCUT2D eigenvalue weighted by Crippen LogP contribution is -2.06. The number of hydrogen-bond acceptors (Lipinski definition) is 3. The first-order chi connectivity index (χ1) is 7.24. The van der Waals surface area contributed by atoms with Gasteiger partial charge in [0, 0.05) is 6.20 Å². The maximum atomic E-state index is 11.6. The van der Waals surface area contributed by atoms with Gasteiger partial charge in [-0.2, -0.15) is 0 Å². The quantitative estimate of drug-likeness (QED) is 0.733. The molecule has 0 spiro atoms. The molecule has 0 unspecified atom stereocenters. The lowest BCUT2D eigenvalue weighted by molar-refractivity contribution is 0.0524. The van der Waals surface area contributed by atoms with Gasteiger partial charge in [0.25, 0.3) is 0 Å². The van der Waals surface area contributed by atoms with Gasteiger partial charge in [0.05, 0.1) is 15.0 Å². The van der Waals surface area contributed by atoms with E-state index in [1.54, 1.807) is 11.3 Å². The van der Waals surface area contributed by atoms with Crippen molar-refractivity contribution in [2.24, 2.45) is 0 Å². The van der Waals surface area contributed by atoms with Crippen molar-refractivity contribution < 1.29 is 9.53 Å². The van der Waals surface area contributed by atoms with Gasteiger partial charge in [-0.3, -0.25) is 4.40 Å². The molecule has 0 aromatic carbocycles. The third-order valence-electron chi connectivity index (χ3n) is 2.09. The largest absolute Gasteiger partial charge is 0.461 e. The summed E-state index contributed by atoms with van der Waals surface area (Å²) in [6.07, 6.45) is 1.83. The molecule has 0 amide bonds. The summed E-state index contributed by atoms with van der Waals surface area (Å²) in [5.74, 6) is -0.294. The third-order valence-corrected chi connectivity index (χ3v) is 2.96. The molecule has 0 fully saturated rings. The molecule has 0 N–H and O–H groups in total. The summed E-state index contributed by atoms with van der Waals surface area (Å²) in [5.41, 5.74) is 2.46. The Morgan fingerprint density at radius 1 is 1.67 bits per heavy atom. The van der Waals surface area contributed by atoms with E-state index in [1.807, 2.05) is 25.3 Å². The standard InChI is InChI=1S/C10H11N2O2P/c1-3-14-10(13)9-12-6-4-5-7(2)8(12)11-15-9/h4-6H,3H2,1-2H3. The van der Waals surface area contributed by atoms with Gasteiger partial charge in [-0.25, -0.2) is 9.54 Å². The Morgan fingerprint density at radius 2 is 2.47 bits per heavy atom. The molecule has 2 aromatic rings. The second kappa shape index (κ2) is 3.99. The Hall–Kier alpha value is -1.41. The van der Waals surface area contributed by atoms with Crippen LogP contribution in [-0.2, 0) is 4.74 Å². The summed E-state index contributed by atoms with van der Waals surface area (Å²) < 4.78 is 11.0.